The molecule has 1 unspecified atom stereocenters. The van der Waals surface area contributed by atoms with Crippen molar-refractivity contribution in [1.82, 2.24) is 4.57 Å². The van der Waals surface area contributed by atoms with Gasteiger partial charge in [-0.1, -0.05) is 13.8 Å². The number of aromatic nitrogens is 1. The molecule has 1 saturated carbocycles. The van der Waals surface area contributed by atoms with Gasteiger partial charge in [-0.25, -0.2) is 13.6 Å². The number of esters is 1. The topological polar surface area (TPSA) is 74.3 Å². The molecule has 1 atom stereocenters. The first kappa shape index (κ1) is 22.2. The van der Waals surface area contributed by atoms with Crippen LogP contribution in [-0.4, -0.2) is 17.1 Å². The Bertz CT molecular complexity index is 1350. The summed E-state index contributed by atoms with van der Waals surface area (Å²) < 4.78 is 37.9. The van der Waals surface area contributed by atoms with Gasteiger partial charge in [0.25, 0.3) is 0 Å². The van der Waals surface area contributed by atoms with Gasteiger partial charge in [-0.2, -0.15) is 0 Å². The summed E-state index contributed by atoms with van der Waals surface area (Å²) in [5.74, 6) is -2.39. The number of benzene rings is 1. The molecule has 8 heteroatoms. The Morgan fingerprint density at radius 2 is 2.03 bits per heavy atom. The van der Waals surface area contributed by atoms with Crippen LogP contribution in [0.25, 0.3) is 21.3 Å². The van der Waals surface area contributed by atoms with Crippen LogP contribution in [0.2, 0.25) is 0 Å². The van der Waals surface area contributed by atoms with Crippen LogP contribution >= 0.6 is 11.3 Å². The van der Waals surface area contributed by atoms with E-state index in [0.717, 1.165) is 42.2 Å². The lowest BCUT2D eigenvalue weighted by Gasteiger charge is -2.35. The molecule has 5 nitrogen and oxygen atoms in total. The molecule has 2 aliphatic rings. The third-order valence-corrected chi connectivity index (χ3v) is 8.17. The van der Waals surface area contributed by atoms with Crippen molar-refractivity contribution in [2.75, 3.05) is 6.61 Å². The molecule has 0 spiro atoms. The van der Waals surface area contributed by atoms with Gasteiger partial charge >= 0.3 is 5.97 Å². The zero-order valence-corrected chi connectivity index (χ0v) is 19.7. The molecule has 2 aromatic heterocycles. The van der Waals surface area contributed by atoms with Gasteiger partial charge in [-0.3, -0.25) is 4.79 Å². The largest absolute Gasteiger partial charge is 0.462 e. The molecule has 2 aliphatic carbocycles. The summed E-state index contributed by atoms with van der Waals surface area (Å²) in [6.07, 6.45) is 4.66. The second-order valence-electron chi connectivity index (χ2n) is 9.64. The van der Waals surface area contributed by atoms with Crippen molar-refractivity contribution in [2.45, 2.75) is 58.5 Å². The maximum Gasteiger partial charge on any atom is 0.343 e. The van der Waals surface area contributed by atoms with Crippen LogP contribution in [0.3, 0.4) is 0 Å². The first-order valence-corrected chi connectivity index (χ1v) is 12.1. The van der Waals surface area contributed by atoms with Gasteiger partial charge in [-0.05, 0) is 55.7 Å². The van der Waals surface area contributed by atoms with Crippen molar-refractivity contribution in [3.8, 4) is 10.4 Å². The SMILES string of the molecule is CCOC(=O)c1cn(C2CC2)c2c(F)c(-c3cc4c(s3)C(N)C(C)(C)CC4)c(F)cc2c1=O. The van der Waals surface area contributed by atoms with Crippen LogP contribution in [0, 0.1) is 17.0 Å². The molecule has 2 N–H and O–H groups in total. The molecule has 1 fully saturated rings. The standard InChI is InChI=1S/C25H26F2N2O3S/c1-4-32-24(31)15-11-29(13-5-6-13)20-14(21(15)30)10-16(26)18(19(20)27)17-9-12-7-8-25(2,3)23(28)22(12)33-17/h9-11,13,23H,4-8,28H2,1-3H3. The molecule has 33 heavy (non-hydrogen) atoms. The van der Waals surface area contributed by atoms with Crippen molar-refractivity contribution < 1.29 is 18.3 Å². The van der Waals surface area contributed by atoms with Crippen LogP contribution in [0.15, 0.2) is 23.1 Å². The third kappa shape index (κ3) is 3.51. The third-order valence-electron chi connectivity index (χ3n) is 6.89. The van der Waals surface area contributed by atoms with E-state index in [0.29, 0.717) is 4.88 Å². The number of pyridine rings is 1. The minimum atomic E-state index is -0.827. The van der Waals surface area contributed by atoms with Gasteiger partial charge in [-0.15, -0.1) is 11.3 Å². The van der Waals surface area contributed by atoms with Gasteiger partial charge < -0.3 is 15.0 Å². The summed E-state index contributed by atoms with van der Waals surface area (Å²) in [7, 11) is 0. The molecule has 1 aromatic carbocycles. The van der Waals surface area contributed by atoms with Crippen molar-refractivity contribution >= 4 is 28.2 Å². The average molecular weight is 473 g/mol. The molecular formula is C25H26F2N2O3S. The second kappa shape index (κ2) is 7.74. The highest BCUT2D eigenvalue weighted by molar-refractivity contribution is 7.15. The summed E-state index contributed by atoms with van der Waals surface area (Å²) in [4.78, 5) is 26.8. The first-order valence-electron chi connectivity index (χ1n) is 11.3. The van der Waals surface area contributed by atoms with Crippen molar-refractivity contribution in [2.24, 2.45) is 11.1 Å². The van der Waals surface area contributed by atoms with Crippen LogP contribution in [0.1, 0.15) is 72.9 Å². The van der Waals surface area contributed by atoms with E-state index in [2.05, 4.69) is 13.8 Å². The fourth-order valence-electron chi connectivity index (χ4n) is 4.65. The number of ether oxygens (including phenoxy) is 1. The number of carbonyl (C=O) groups is 1. The Kier molecular flexibility index (Phi) is 5.21. The lowest BCUT2D eigenvalue weighted by molar-refractivity contribution is 0.0524. The summed E-state index contributed by atoms with van der Waals surface area (Å²) in [5.41, 5.74) is 6.36. The van der Waals surface area contributed by atoms with Gasteiger partial charge in [0.05, 0.1) is 23.1 Å². The molecule has 0 amide bonds. The van der Waals surface area contributed by atoms with E-state index < -0.39 is 23.0 Å². The van der Waals surface area contributed by atoms with E-state index in [1.165, 1.54) is 17.5 Å². The summed E-state index contributed by atoms with van der Waals surface area (Å²) in [6, 6.07) is 2.64. The van der Waals surface area contributed by atoms with E-state index in [1.807, 2.05) is 6.07 Å². The maximum absolute atomic E-state index is 16.0. The lowest BCUT2D eigenvalue weighted by atomic mass is 9.74. The highest BCUT2D eigenvalue weighted by Crippen LogP contribution is 2.48. The molecule has 3 aromatic rings. The Morgan fingerprint density at radius 3 is 2.70 bits per heavy atom. The molecule has 174 valence electrons. The quantitative estimate of drug-likeness (QED) is 0.510. The molecule has 0 radical (unpaired) electrons. The second-order valence-corrected chi connectivity index (χ2v) is 10.7. The van der Waals surface area contributed by atoms with E-state index in [-0.39, 0.29) is 46.1 Å². The van der Waals surface area contributed by atoms with Gasteiger partial charge in [0.15, 0.2) is 5.82 Å². The van der Waals surface area contributed by atoms with Gasteiger partial charge in [0.2, 0.25) is 5.43 Å². The molecule has 0 saturated heterocycles. The van der Waals surface area contributed by atoms with E-state index in [1.54, 1.807) is 11.5 Å². The smallest absolute Gasteiger partial charge is 0.343 e. The zero-order chi connectivity index (χ0) is 23.7. The van der Waals surface area contributed by atoms with Gasteiger partial charge in [0, 0.05) is 28.0 Å². The number of nitrogens with two attached hydrogens (primary N) is 1. The maximum atomic E-state index is 16.0. The number of nitrogens with zero attached hydrogens (tertiary/aromatic N) is 1. The Hall–Kier alpha value is -2.58. The number of carbonyl (C=O) groups excluding carboxylic acids is 1. The van der Waals surface area contributed by atoms with Crippen LogP contribution in [0.4, 0.5) is 8.78 Å². The summed E-state index contributed by atoms with van der Waals surface area (Å²) in [5, 5.41) is -0.148. The Morgan fingerprint density at radius 1 is 1.30 bits per heavy atom. The van der Waals surface area contributed by atoms with E-state index in [9.17, 15) is 9.59 Å². The number of hydrogen-bond acceptors (Lipinski definition) is 5. The predicted octanol–water partition coefficient (Wildman–Crippen LogP) is 5.49. The minimum absolute atomic E-state index is 0.0305. The fraction of sp³-hybridized carbons (Fsp3) is 0.440. The Labute approximate surface area is 194 Å². The molecule has 0 aliphatic heterocycles. The minimum Gasteiger partial charge on any atom is -0.462 e. The fourth-order valence-corrected chi connectivity index (χ4v) is 6.12. The summed E-state index contributed by atoms with van der Waals surface area (Å²) >= 11 is 1.32. The number of aryl methyl sites for hydroxylation is 1. The zero-order valence-electron chi connectivity index (χ0n) is 18.8. The number of fused-ring (bicyclic) bond motifs is 2. The van der Waals surface area contributed by atoms with E-state index in [4.69, 9.17) is 10.5 Å². The van der Waals surface area contributed by atoms with Crippen molar-refractivity contribution in [1.29, 1.82) is 0 Å². The first-order chi connectivity index (χ1) is 15.6. The number of rotatable bonds is 4. The normalized spacial score (nSPS) is 19.5. The molecule has 0 bridgehead atoms. The van der Waals surface area contributed by atoms with Crippen molar-refractivity contribution in [3.63, 3.8) is 0 Å². The predicted molar refractivity (Wildman–Crippen MR) is 125 cm³/mol. The number of hydrogen-bond donors (Lipinski definition) is 1. The highest BCUT2D eigenvalue weighted by Gasteiger charge is 2.36. The highest BCUT2D eigenvalue weighted by atomic mass is 32.1. The molecule has 2 heterocycles. The van der Waals surface area contributed by atoms with Gasteiger partial charge in [0.1, 0.15) is 11.4 Å². The molecular weight excluding hydrogens is 446 g/mol. The van der Waals surface area contributed by atoms with E-state index >= 15 is 8.78 Å². The summed E-state index contributed by atoms with van der Waals surface area (Å²) in [6.45, 7) is 5.94. The lowest BCUT2D eigenvalue weighted by Crippen LogP contribution is -2.32. The van der Waals surface area contributed by atoms with Crippen LogP contribution < -0.4 is 11.2 Å². The number of thiophene rings is 1. The average Bonchev–Trinajstić information content (AvgIpc) is 3.51. The Balaban J connectivity index is 1.74. The monoisotopic (exact) mass is 472 g/mol. The van der Waals surface area contributed by atoms with Crippen LogP contribution in [-0.2, 0) is 11.2 Å². The van der Waals surface area contributed by atoms with Crippen LogP contribution in [0.5, 0.6) is 0 Å². The molecule has 5 rings (SSSR count). The number of halogens is 2. The van der Waals surface area contributed by atoms with Crippen molar-refractivity contribution in [3.05, 3.63) is 56.2 Å².